The van der Waals surface area contributed by atoms with Crippen molar-refractivity contribution in [3.8, 4) is 0 Å². The predicted molar refractivity (Wildman–Crippen MR) is 100 cm³/mol. The predicted octanol–water partition coefficient (Wildman–Crippen LogP) is 1.13. The number of piperidine rings is 1. The van der Waals surface area contributed by atoms with Crippen LogP contribution in [0.25, 0.3) is 0 Å². The molecule has 1 aliphatic rings. The molecule has 144 valence electrons. The molecular weight excluding hydrogens is 354 g/mol. The lowest BCUT2D eigenvalue weighted by molar-refractivity contribution is -0.135. The highest BCUT2D eigenvalue weighted by molar-refractivity contribution is 7.88. The molecule has 1 fully saturated rings. The molecule has 2 unspecified atom stereocenters. The lowest BCUT2D eigenvalue weighted by Crippen LogP contribution is -2.50. The summed E-state index contributed by atoms with van der Waals surface area (Å²) in [5.41, 5.74) is 0.556. The number of carbonyl (C=O) groups is 2. The number of hydrogen-bond donors (Lipinski definition) is 2. The number of carbonyl (C=O) groups excluding carboxylic acids is 2. The van der Waals surface area contributed by atoms with Crippen LogP contribution in [0.3, 0.4) is 0 Å². The van der Waals surface area contributed by atoms with E-state index in [9.17, 15) is 18.0 Å². The Labute approximate surface area is 155 Å². The van der Waals surface area contributed by atoms with Crippen molar-refractivity contribution in [3.05, 3.63) is 35.9 Å². The van der Waals surface area contributed by atoms with Crippen molar-refractivity contribution in [2.24, 2.45) is 0 Å². The number of hydrogen-bond acceptors (Lipinski definition) is 4. The third kappa shape index (κ3) is 6.42. The summed E-state index contributed by atoms with van der Waals surface area (Å²) in [6, 6.07) is 8.42. The Hall–Kier alpha value is -1.93. The minimum Gasteiger partial charge on any atom is -0.349 e. The number of amides is 2. The van der Waals surface area contributed by atoms with Crippen LogP contribution >= 0.6 is 0 Å². The Bertz CT molecular complexity index is 721. The first-order valence-electron chi connectivity index (χ1n) is 8.86. The van der Waals surface area contributed by atoms with Gasteiger partial charge in [0.2, 0.25) is 15.9 Å². The second kappa shape index (κ2) is 9.14. The van der Waals surface area contributed by atoms with Crippen LogP contribution in [0.4, 0.5) is 0 Å². The third-order valence-corrected chi connectivity index (χ3v) is 5.11. The lowest BCUT2D eigenvalue weighted by atomic mass is 10.0. The summed E-state index contributed by atoms with van der Waals surface area (Å²) < 4.78 is 25.1. The minimum absolute atomic E-state index is 0.0640. The van der Waals surface area contributed by atoms with E-state index in [1.807, 2.05) is 6.07 Å². The zero-order valence-corrected chi connectivity index (χ0v) is 16.1. The number of sulfonamides is 1. The molecule has 0 saturated carbocycles. The zero-order chi connectivity index (χ0) is 19.2. The SMILES string of the molecule is CC(CC(=O)N1CCCCC1CNS(C)(=O)=O)NC(=O)c1ccccc1. The first-order chi connectivity index (χ1) is 12.3. The summed E-state index contributed by atoms with van der Waals surface area (Å²) in [5, 5.41) is 2.84. The molecule has 2 N–H and O–H groups in total. The van der Waals surface area contributed by atoms with Gasteiger partial charge in [-0.25, -0.2) is 13.1 Å². The summed E-state index contributed by atoms with van der Waals surface area (Å²) >= 11 is 0. The van der Waals surface area contributed by atoms with Gasteiger partial charge in [-0.1, -0.05) is 18.2 Å². The summed E-state index contributed by atoms with van der Waals surface area (Å²) in [5.74, 6) is -0.273. The van der Waals surface area contributed by atoms with E-state index >= 15 is 0 Å². The van der Waals surface area contributed by atoms with Gasteiger partial charge in [0.05, 0.1) is 6.26 Å². The van der Waals surface area contributed by atoms with Gasteiger partial charge in [-0.15, -0.1) is 0 Å². The van der Waals surface area contributed by atoms with Crippen molar-refractivity contribution in [1.29, 1.82) is 0 Å². The van der Waals surface area contributed by atoms with Crippen LogP contribution in [-0.4, -0.2) is 56.6 Å². The molecule has 2 amide bonds. The number of likely N-dealkylation sites (tertiary alicyclic amines) is 1. The topological polar surface area (TPSA) is 95.6 Å². The second-order valence-electron chi connectivity index (χ2n) is 6.80. The van der Waals surface area contributed by atoms with Crippen molar-refractivity contribution in [3.63, 3.8) is 0 Å². The Balaban J connectivity index is 1.90. The molecule has 0 bridgehead atoms. The molecule has 26 heavy (non-hydrogen) atoms. The molecule has 8 heteroatoms. The van der Waals surface area contributed by atoms with Crippen molar-refractivity contribution in [2.45, 2.75) is 44.7 Å². The van der Waals surface area contributed by atoms with Gasteiger partial charge in [0, 0.05) is 37.2 Å². The van der Waals surface area contributed by atoms with E-state index in [1.54, 1.807) is 36.1 Å². The molecule has 0 aromatic heterocycles. The van der Waals surface area contributed by atoms with Crippen molar-refractivity contribution in [2.75, 3.05) is 19.3 Å². The van der Waals surface area contributed by atoms with E-state index in [1.165, 1.54) is 0 Å². The molecule has 0 spiro atoms. The summed E-state index contributed by atoms with van der Waals surface area (Å²) in [6.45, 7) is 2.65. The van der Waals surface area contributed by atoms with Crippen LogP contribution in [0, 0.1) is 0 Å². The van der Waals surface area contributed by atoms with Gasteiger partial charge in [0.1, 0.15) is 0 Å². The fourth-order valence-electron chi connectivity index (χ4n) is 3.12. The largest absolute Gasteiger partial charge is 0.349 e. The minimum atomic E-state index is -3.29. The van der Waals surface area contributed by atoms with Gasteiger partial charge in [-0.05, 0) is 38.3 Å². The molecule has 0 aliphatic carbocycles. The highest BCUT2D eigenvalue weighted by Gasteiger charge is 2.28. The number of benzene rings is 1. The Morgan fingerprint density at radius 3 is 2.58 bits per heavy atom. The van der Waals surface area contributed by atoms with Crippen LogP contribution in [-0.2, 0) is 14.8 Å². The van der Waals surface area contributed by atoms with Crippen LogP contribution < -0.4 is 10.0 Å². The van der Waals surface area contributed by atoms with E-state index in [0.717, 1.165) is 25.5 Å². The fourth-order valence-corrected chi connectivity index (χ4v) is 3.61. The Morgan fingerprint density at radius 2 is 1.92 bits per heavy atom. The first kappa shape index (κ1) is 20.4. The smallest absolute Gasteiger partial charge is 0.251 e. The van der Waals surface area contributed by atoms with E-state index in [2.05, 4.69) is 10.0 Å². The van der Waals surface area contributed by atoms with Gasteiger partial charge < -0.3 is 10.2 Å². The maximum Gasteiger partial charge on any atom is 0.251 e. The second-order valence-corrected chi connectivity index (χ2v) is 8.64. The van der Waals surface area contributed by atoms with Gasteiger partial charge in [0.15, 0.2) is 0 Å². The molecule has 1 heterocycles. The van der Waals surface area contributed by atoms with E-state index in [4.69, 9.17) is 0 Å². The molecular formula is C18H27N3O4S. The lowest BCUT2D eigenvalue weighted by Gasteiger charge is -2.36. The number of nitrogens with zero attached hydrogens (tertiary/aromatic N) is 1. The molecule has 7 nitrogen and oxygen atoms in total. The van der Waals surface area contributed by atoms with Gasteiger partial charge >= 0.3 is 0 Å². The molecule has 1 saturated heterocycles. The maximum absolute atomic E-state index is 12.7. The van der Waals surface area contributed by atoms with Crippen LogP contribution in [0.1, 0.15) is 43.0 Å². The van der Waals surface area contributed by atoms with Crippen LogP contribution in [0.5, 0.6) is 0 Å². The number of rotatable bonds is 7. The molecule has 0 radical (unpaired) electrons. The molecule has 2 rings (SSSR count). The quantitative estimate of drug-likeness (QED) is 0.740. The van der Waals surface area contributed by atoms with E-state index in [-0.39, 0.29) is 36.9 Å². The van der Waals surface area contributed by atoms with Crippen molar-refractivity contribution >= 4 is 21.8 Å². The van der Waals surface area contributed by atoms with E-state index in [0.29, 0.717) is 12.1 Å². The van der Waals surface area contributed by atoms with E-state index < -0.39 is 10.0 Å². The highest BCUT2D eigenvalue weighted by atomic mass is 32.2. The maximum atomic E-state index is 12.7. The molecule has 1 aromatic carbocycles. The average Bonchev–Trinajstić information content (AvgIpc) is 2.60. The summed E-state index contributed by atoms with van der Waals surface area (Å²) in [6.07, 6.45) is 3.96. The monoisotopic (exact) mass is 381 g/mol. The van der Waals surface area contributed by atoms with Crippen LogP contribution in [0.15, 0.2) is 30.3 Å². The number of nitrogens with one attached hydrogen (secondary N) is 2. The third-order valence-electron chi connectivity index (χ3n) is 4.42. The zero-order valence-electron chi connectivity index (χ0n) is 15.3. The van der Waals surface area contributed by atoms with Gasteiger partial charge in [-0.3, -0.25) is 9.59 Å². The van der Waals surface area contributed by atoms with Gasteiger partial charge in [-0.2, -0.15) is 0 Å². The highest BCUT2D eigenvalue weighted by Crippen LogP contribution is 2.18. The standard InChI is InChI=1S/C18H27N3O4S/c1-14(20-18(23)15-8-4-3-5-9-15)12-17(22)21-11-7-6-10-16(21)13-19-26(2,24)25/h3-5,8-9,14,16,19H,6-7,10-13H2,1-2H3,(H,20,23). The van der Waals surface area contributed by atoms with Gasteiger partial charge in [0.25, 0.3) is 5.91 Å². The normalized spacial score (nSPS) is 19.0. The van der Waals surface area contributed by atoms with Crippen molar-refractivity contribution in [1.82, 2.24) is 14.9 Å². The fraction of sp³-hybridized carbons (Fsp3) is 0.556. The molecule has 1 aromatic rings. The Morgan fingerprint density at radius 1 is 1.23 bits per heavy atom. The first-order valence-corrected chi connectivity index (χ1v) is 10.8. The molecule has 1 aliphatic heterocycles. The summed E-state index contributed by atoms with van der Waals surface area (Å²) in [7, 11) is -3.29. The van der Waals surface area contributed by atoms with Crippen molar-refractivity contribution < 1.29 is 18.0 Å². The van der Waals surface area contributed by atoms with Crippen LogP contribution in [0.2, 0.25) is 0 Å². The average molecular weight is 381 g/mol. The molecule has 2 atom stereocenters. The Kier molecular flexibility index (Phi) is 7.16. The summed E-state index contributed by atoms with van der Waals surface area (Å²) in [4.78, 5) is 26.6.